The van der Waals surface area contributed by atoms with E-state index in [-0.39, 0.29) is 56.0 Å². The maximum atomic E-state index is 14.3. The van der Waals surface area contributed by atoms with Crippen molar-refractivity contribution in [1.29, 1.82) is 0 Å². The summed E-state index contributed by atoms with van der Waals surface area (Å²) in [5.74, 6) is -0.657. The molecule has 0 aromatic heterocycles. The lowest BCUT2D eigenvalue weighted by Crippen LogP contribution is -2.70. The number of hydrogen-bond acceptors (Lipinski definition) is 9. The molecule has 6 rings (SSSR count). The van der Waals surface area contributed by atoms with Crippen molar-refractivity contribution in [3.05, 3.63) is 84.0 Å². The van der Waals surface area contributed by atoms with Crippen molar-refractivity contribution < 1.29 is 38.9 Å². The molecule has 2 amide bonds. The van der Waals surface area contributed by atoms with Gasteiger partial charge < -0.3 is 39.5 Å². The predicted molar refractivity (Wildman–Crippen MR) is 211 cm³/mol. The van der Waals surface area contributed by atoms with Crippen LogP contribution in [-0.4, -0.2) is 77.6 Å². The molecule has 3 N–H and O–H groups in total. The van der Waals surface area contributed by atoms with Crippen LogP contribution in [0.2, 0.25) is 0 Å². The Morgan fingerprint density at radius 2 is 1.82 bits per heavy atom. The monoisotopic (exact) mass is 757 g/mol. The number of allylic oxidation sites excluding steroid dienone is 1. The van der Waals surface area contributed by atoms with E-state index >= 15 is 0 Å². The molecule has 0 bridgehead atoms. The number of oxime groups is 1. The Kier molecular flexibility index (Phi) is 14.1. The Hall–Kier alpha value is -4.19. The van der Waals surface area contributed by atoms with Gasteiger partial charge in [0.1, 0.15) is 24.1 Å². The van der Waals surface area contributed by atoms with Gasteiger partial charge in [-0.3, -0.25) is 4.79 Å². The van der Waals surface area contributed by atoms with Gasteiger partial charge in [-0.25, -0.2) is 4.79 Å². The molecular formula is C44H59N3O8. The van der Waals surface area contributed by atoms with E-state index in [0.29, 0.717) is 43.9 Å². The van der Waals surface area contributed by atoms with Crippen LogP contribution in [0.3, 0.4) is 0 Å². The zero-order valence-electron chi connectivity index (χ0n) is 32.5. The van der Waals surface area contributed by atoms with E-state index in [4.69, 9.17) is 24.2 Å². The molecule has 2 aromatic rings. The molecule has 1 heterocycles. The first-order chi connectivity index (χ1) is 26.9. The van der Waals surface area contributed by atoms with Gasteiger partial charge in [0.25, 0.3) is 0 Å². The van der Waals surface area contributed by atoms with Gasteiger partial charge in [-0.05, 0) is 93.0 Å². The number of aliphatic hydroxyl groups excluding tert-OH is 2. The number of nitrogens with one attached hydrogen (secondary N) is 1. The largest absolute Gasteiger partial charge is 0.459 e. The number of carbonyl (C=O) groups is 2. The van der Waals surface area contributed by atoms with Crippen LogP contribution >= 0.6 is 0 Å². The lowest BCUT2D eigenvalue weighted by molar-refractivity contribution is -0.257. The molecule has 55 heavy (non-hydrogen) atoms. The molecule has 0 spiro atoms. The van der Waals surface area contributed by atoms with Crippen molar-refractivity contribution in [3.8, 4) is 11.5 Å². The van der Waals surface area contributed by atoms with E-state index in [2.05, 4.69) is 24.9 Å². The summed E-state index contributed by atoms with van der Waals surface area (Å²) in [4.78, 5) is 35.2. The number of carbonyl (C=O) groups excluding carboxylic acids is 2. The first-order valence-electron chi connectivity index (χ1n) is 20.4. The minimum absolute atomic E-state index is 0.0243. The highest BCUT2D eigenvalue weighted by molar-refractivity contribution is 6.03. The summed E-state index contributed by atoms with van der Waals surface area (Å²) in [6.07, 6.45) is 11.0. The first kappa shape index (κ1) is 40.5. The molecule has 298 valence electrons. The van der Waals surface area contributed by atoms with Crippen LogP contribution in [0.1, 0.15) is 95.1 Å². The fraction of sp³-hybridized carbons (Fsp3) is 0.568. The number of rotatable bonds is 20. The van der Waals surface area contributed by atoms with Gasteiger partial charge in [-0.15, -0.1) is 6.58 Å². The SMILES string of the molecule is C=CCO[C@@]12Oc3ccc(OC(=O)NCC)cc3[C@H]3[C@H](CCCCO)[C@@H](CCCCO)C=C(C(=NOCc4ccccc4)C[C@@H]1N(CCC)C(=O)C1CC1)[C@H]32. The van der Waals surface area contributed by atoms with Crippen molar-refractivity contribution in [2.45, 2.75) is 102 Å². The normalized spacial score (nSPS) is 25.9. The number of nitrogens with zero attached hydrogens (tertiary/aromatic N) is 2. The maximum Gasteiger partial charge on any atom is 0.412 e. The highest BCUT2D eigenvalue weighted by atomic mass is 16.7. The van der Waals surface area contributed by atoms with Gasteiger partial charge in [0.05, 0.1) is 18.2 Å². The topological polar surface area (TPSA) is 139 Å². The fourth-order valence-corrected chi connectivity index (χ4v) is 8.98. The molecular weight excluding hydrogens is 698 g/mol. The second-order valence-corrected chi connectivity index (χ2v) is 15.3. The summed E-state index contributed by atoms with van der Waals surface area (Å²) in [6.45, 7) is 9.61. The molecule has 0 radical (unpaired) electrons. The predicted octanol–water partition coefficient (Wildman–Crippen LogP) is 7.28. The molecule has 0 saturated heterocycles. The van der Waals surface area contributed by atoms with E-state index in [0.717, 1.165) is 67.4 Å². The third-order valence-electron chi connectivity index (χ3n) is 11.5. The average molecular weight is 758 g/mol. The number of fused-ring (bicyclic) bond motifs is 2. The van der Waals surface area contributed by atoms with Crippen LogP contribution in [-0.2, 0) is 21.0 Å². The van der Waals surface area contributed by atoms with Crippen LogP contribution in [0.4, 0.5) is 4.79 Å². The quantitative estimate of drug-likeness (QED) is 0.0728. The average Bonchev–Trinajstić information content (AvgIpc) is 4.04. The van der Waals surface area contributed by atoms with Crippen molar-refractivity contribution >= 4 is 17.7 Å². The number of hydrogen-bond donors (Lipinski definition) is 3. The Balaban J connectivity index is 1.56. The molecule has 6 atom stereocenters. The van der Waals surface area contributed by atoms with Gasteiger partial charge in [0, 0.05) is 50.1 Å². The Morgan fingerprint density at radius 1 is 1.05 bits per heavy atom. The van der Waals surface area contributed by atoms with Crippen molar-refractivity contribution in [2.24, 2.45) is 28.8 Å². The minimum Gasteiger partial charge on any atom is -0.459 e. The van der Waals surface area contributed by atoms with Crippen LogP contribution < -0.4 is 14.8 Å². The van der Waals surface area contributed by atoms with Gasteiger partial charge in [-0.2, -0.15) is 0 Å². The van der Waals surface area contributed by atoms with Crippen LogP contribution in [0, 0.1) is 23.7 Å². The van der Waals surface area contributed by atoms with E-state index in [1.165, 1.54) is 0 Å². The smallest absolute Gasteiger partial charge is 0.412 e. The standard InChI is InChI=1S/C44H59N3O8/c1-4-22-47(42(50)31-18-19-31)39-28-37(46-53-29-30-14-8-7-9-15-30)35-26-32(16-10-12-23-48)34(17-11-13-24-49)40-36-27-33(54-43(51)45-6-3)20-21-38(36)55-44(39,41(35)40)52-25-5-2/h5,7-9,14-15,20-21,26-27,31-32,34,39-41,48-49H,2,4,6,10-13,16-19,22-25,28-29H2,1,3H3,(H,45,51)/t32-,34+,39-,40+,41+,44+/m0/s1. The second kappa shape index (κ2) is 19.1. The van der Waals surface area contributed by atoms with Crippen LogP contribution in [0.25, 0.3) is 0 Å². The van der Waals surface area contributed by atoms with E-state index in [1.807, 2.05) is 54.3 Å². The van der Waals surface area contributed by atoms with E-state index in [9.17, 15) is 19.8 Å². The number of aliphatic hydroxyl groups is 2. The molecule has 2 saturated carbocycles. The number of benzene rings is 2. The zero-order valence-corrected chi connectivity index (χ0v) is 32.5. The summed E-state index contributed by atoms with van der Waals surface area (Å²) in [6, 6.07) is 14.9. The van der Waals surface area contributed by atoms with Crippen LogP contribution in [0.5, 0.6) is 11.5 Å². The summed E-state index contributed by atoms with van der Waals surface area (Å²) >= 11 is 0. The number of amides is 2. The fourth-order valence-electron chi connectivity index (χ4n) is 8.98. The van der Waals surface area contributed by atoms with E-state index < -0.39 is 23.8 Å². The molecule has 1 aliphatic heterocycles. The highest BCUT2D eigenvalue weighted by Gasteiger charge is 2.65. The Morgan fingerprint density at radius 3 is 2.51 bits per heavy atom. The lowest BCUT2D eigenvalue weighted by Gasteiger charge is -2.60. The third-order valence-corrected chi connectivity index (χ3v) is 11.5. The first-order valence-corrected chi connectivity index (χ1v) is 20.4. The van der Waals surface area contributed by atoms with Gasteiger partial charge in [-0.1, -0.05) is 67.4 Å². The second-order valence-electron chi connectivity index (χ2n) is 15.3. The molecule has 11 heteroatoms. The Bertz CT molecular complexity index is 1680. The summed E-state index contributed by atoms with van der Waals surface area (Å²) in [5.41, 5.74) is 3.63. The summed E-state index contributed by atoms with van der Waals surface area (Å²) in [5, 5.41) is 27.3. The van der Waals surface area contributed by atoms with Crippen molar-refractivity contribution in [1.82, 2.24) is 10.2 Å². The molecule has 2 fully saturated rings. The molecule has 2 aromatic carbocycles. The van der Waals surface area contributed by atoms with E-state index in [1.54, 1.807) is 12.1 Å². The van der Waals surface area contributed by atoms with Gasteiger partial charge in [0.15, 0.2) is 0 Å². The Labute approximate surface area is 325 Å². The van der Waals surface area contributed by atoms with Crippen molar-refractivity contribution in [3.63, 3.8) is 0 Å². The number of unbranched alkanes of at least 4 members (excludes halogenated alkanes) is 2. The minimum atomic E-state index is -1.30. The summed E-state index contributed by atoms with van der Waals surface area (Å²) < 4.78 is 20.1. The van der Waals surface area contributed by atoms with Gasteiger partial charge in [0.2, 0.25) is 11.7 Å². The lowest BCUT2D eigenvalue weighted by atomic mass is 9.55. The molecule has 0 unspecified atom stereocenters. The highest BCUT2D eigenvalue weighted by Crippen LogP contribution is 2.62. The molecule has 11 nitrogen and oxygen atoms in total. The molecule has 3 aliphatic carbocycles. The van der Waals surface area contributed by atoms with Crippen LogP contribution in [0.15, 0.2) is 78.0 Å². The number of ether oxygens (including phenoxy) is 3. The molecule has 4 aliphatic rings. The van der Waals surface area contributed by atoms with Gasteiger partial charge >= 0.3 is 6.09 Å². The maximum absolute atomic E-state index is 14.3. The van der Waals surface area contributed by atoms with Crippen molar-refractivity contribution in [2.75, 3.05) is 32.9 Å². The third kappa shape index (κ3) is 9.11. The summed E-state index contributed by atoms with van der Waals surface area (Å²) in [7, 11) is 0. The zero-order chi connectivity index (χ0) is 38.8.